The molecule has 1 heterocycles. The van der Waals surface area contributed by atoms with Gasteiger partial charge in [-0.3, -0.25) is 4.68 Å². The van der Waals surface area contributed by atoms with E-state index in [-0.39, 0.29) is 11.6 Å². The van der Waals surface area contributed by atoms with Crippen molar-refractivity contribution >= 4 is 21.6 Å². The second kappa shape index (κ2) is 7.94. The number of nitrogens with one attached hydrogen (secondary N) is 1. The molecule has 0 fully saturated rings. The summed E-state index contributed by atoms with van der Waals surface area (Å²) in [5.74, 6) is 0. The van der Waals surface area contributed by atoms with Crippen molar-refractivity contribution in [3.63, 3.8) is 0 Å². The summed E-state index contributed by atoms with van der Waals surface area (Å²) in [6.07, 6.45) is -1.48. The van der Waals surface area contributed by atoms with Crippen LogP contribution in [-0.4, -0.2) is 18.2 Å². The minimum absolute atomic E-state index is 0.167. The monoisotopic (exact) mass is 429 g/mol. The van der Waals surface area contributed by atoms with Crippen molar-refractivity contribution in [3.8, 4) is 0 Å². The van der Waals surface area contributed by atoms with E-state index in [1.807, 2.05) is 0 Å². The van der Waals surface area contributed by atoms with Crippen LogP contribution in [-0.2, 0) is 29.3 Å². The van der Waals surface area contributed by atoms with Crippen LogP contribution in [0, 0.1) is 0 Å². The number of alkyl halides is 3. The Balaban J connectivity index is 1.86. The highest BCUT2D eigenvalue weighted by Crippen LogP contribution is 2.35. The molecule has 148 valence electrons. The van der Waals surface area contributed by atoms with Gasteiger partial charge in [0.2, 0.25) is 10.0 Å². The van der Waals surface area contributed by atoms with Crippen molar-refractivity contribution in [2.75, 3.05) is 0 Å². The zero-order chi connectivity index (χ0) is 20.4. The van der Waals surface area contributed by atoms with Crippen LogP contribution in [0.15, 0.2) is 65.8 Å². The molecule has 0 aliphatic carbocycles. The molecule has 10 heteroatoms. The van der Waals surface area contributed by atoms with Crippen LogP contribution in [0.5, 0.6) is 0 Å². The molecule has 0 atom stereocenters. The van der Waals surface area contributed by atoms with Crippen molar-refractivity contribution in [2.45, 2.75) is 24.2 Å². The number of hydrogen-bond donors (Lipinski definition) is 1. The Kier molecular flexibility index (Phi) is 5.78. The Morgan fingerprint density at radius 2 is 1.79 bits per heavy atom. The van der Waals surface area contributed by atoms with Gasteiger partial charge in [0.25, 0.3) is 0 Å². The Labute approximate surface area is 164 Å². The quantitative estimate of drug-likeness (QED) is 0.642. The lowest BCUT2D eigenvalue weighted by Crippen LogP contribution is -2.26. The van der Waals surface area contributed by atoms with Gasteiger partial charge in [0.15, 0.2) is 0 Å². The van der Waals surface area contributed by atoms with Crippen molar-refractivity contribution in [3.05, 3.63) is 82.6 Å². The summed E-state index contributed by atoms with van der Waals surface area (Å²) in [6.45, 7) is 0.235. The Bertz CT molecular complexity index is 1070. The fraction of sp³-hybridized carbons (Fsp3) is 0.167. The molecule has 3 aromatic rings. The molecule has 0 saturated heterocycles. The average Bonchev–Trinajstić information content (AvgIpc) is 3.13. The Morgan fingerprint density at radius 1 is 1.07 bits per heavy atom. The lowest BCUT2D eigenvalue weighted by molar-refractivity contribution is -0.139. The van der Waals surface area contributed by atoms with E-state index in [0.29, 0.717) is 18.2 Å². The van der Waals surface area contributed by atoms with Crippen LogP contribution in [0.1, 0.15) is 16.7 Å². The summed E-state index contributed by atoms with van der Waals surface area (Å²) in [5.41, 5.74) is 0.113. The number of benzene rings is 2. The SMILES string of the molecule is O=S(=O)(NCc1ccccc1Cn1cccn1)c1ccc(Cl)cc1C(F)(F)F. The maximum absolute atomic E-state index is 13.2. The molecule has 1 N–H and O–H groups in total. The van der Waals surface area contributed by atoms with E-state index < -0.39 is 26.7 Å². The molecule has 28 heavy (non-hydrogen) atoms. The summed E-state index contributed by atoms with van der Waals surface area (Å²) >= 11 is 5.61. The Hall–Kier alpha value is -2.36. The molecule has 2 aromatic carbocycles. The summed E-state index contributed by atoms with van der Waals surface area (Å²) in [7, 11) is -4.42. The van der Waals surface area contributed by atoms with Gasteiger partial charge in [-0.15, -0.1) is 0 Å². The fourth-order valence-electron chi connectivity index (χ4n) is 2.66. The number of rotatable bonds is 6. The van der Waals surface area contributed by atoms with Crippen molar-refractivity contribution < 1.29 is 21.6 Å². The zero-order valence-electron chi connectivity index (χ0n) is 14.3. The molecule has 0 unspecified atom stereocenters. The van der Waals surface area contributed by atoms with Gasteiger partial charge in [0.1, 0.15) is 0 Å². The van der Waals surface area contributed by atoms with Gasteiger partial charge in [-0.05, 0) is 35.4 Å². The van der Waals surface area contributed by atoms with Crippen molar-refractivity contribution in [1.82, 2.24) is 14.5 Å². The second-order valence-electron chi connectivity index (χ2n) is 5.94. The molecular formula is C18H15ClF3N3O2S. The first-order valence-electron chi connectivity index (χ1n) is 8.07. The number of sulfonamides is 1. The second-order valence-corrected chi connectivity index (χ2v) is 8.11. The molecule has 0 saturated carbocycles. The van der Waals surface area contributed by atoms with Gasteiger partial charge >= 0.3 is 6.18 Å². The smallest absolute Gasteiger partial charge is 0.268 e. The van der Waals surface area contributed by atoms with Crippen LogP contribution in [0.25, 0.3) is 0 Å². The third-order valence-corrected chi connectivity index (χ3v) is 5.69. The first-order chi connectivity index (χ1) is 13.2. The molecule has 3 rings (SSSR count). The van der Waals surface area contributed by atoms with Crippen LogP contribution >= 0.6 is 11.6 Å². The van der Waals surface area contributed by atoms with E-state index in [0.717, 1.165) is 17.7 Å². The molecule has 5 nitrogen and oxygen atoms in total. The predicted octanol–water partition coefficient (Wildman–Crippen LogP) is 4.08. The van der Waals surface area contributed by atoms with Crippen LogP contribution < -0.4 is 4.72 Å². The third kappa shape index (κ3) is 4.73. The molecular weight excluding hydrogens is 415 g/mol. The molecule has 0 amide bonds. The standard InChI is InChI=1S/C18H15ClF3N3O2S/c19-15-6-7-17(16(10-15)18(20,21)22)28(26,27)24-11-13-4-1-2-5-14(13)12-25-9-3-8-23-25/h1-10,24H,11-12H2. The molecule has 0 bridgehead atoms. The normalized spacial score (nSPS) is 12.3. The third-order valence-electron chi connectivity index (χ3n) is 4.00. The largest absolute Gasteiger partial charge is 0.417 e. The Morgan fingerprint density at radius 3 is 2.43 bits per heavy atom. The van der Waals surface area contributed by atoms with E-state index in [2.05, 4.69) is 9.82 Å². The van der Waals surface area contributed by atoms with Gasteiger partial charge in [-0.2, -0.15) is 18.3 Å². The van der Waals surface area contributed by atoms with Crippen LogP contribution in [0.2, 0.25) is 5.02 Å². The highest BCUT2D eigenvalue weighted by molar-refractivity contribution is 7.89. The summed E-state index contributed by atoms with van der Waals surface area (Å²) in [5, 5.41) is 3.90. The van der Waals surface area contributed by atoms with E-state index in [9.17, 15) is 21.6 Å². The van der Waals surface area contributed by atoms with Gasteiger partial charge in [0, 0.05) is 24.0 Å². The van der Waals surface area contributed by atoms with Crippen LogP contribution in [0.3, 0.4) is 0 Å². The lowest BCUT2D eigenvalue weighted by atomic mass is 10.1. The molecule has 0 aliphatic rings. The topological polar surface area (TPSA) is 64.0 Å². The minimum atomic E-state index is -4.85. The molecule has 0 spiro atoms. The van der Waals surface area contributed by atoms with E-state index >= 15 is 0 Å². The average molecular weight is 430 g/mol. The number of halogens is 4. The first-order valence-corrected chi connectivity index (χ1v) is 9.93. The maximum atomic E-state index is 13.2. The van der Waals surface area contributed by atoms with Crippen molar-refractivity contribution in [2.24, 2.45) is 0 Å². The number of nitrogens with zero attached hydrogens (tertiary/aromatic N) is 2. The van der Waals surface area contributed by atoms with E-state index in [4.69, 9.17) is 11.6 Å². The molecule has 1 aromatic heterocycles. The molecule has 0 aliphatic heterocycles. The predicted molar refractivity (Wildman–Crippen MR) is 98.3 cm³/mol. The van der Waals surface area contributed by atoms with E-state index in [1.54, 1.807) is 47.4 Å². The lowest BCUT2D eigenvalue weighted by Gasteiger charge is -2.15. The number of aromatic nitrogens is 2. The highest BCUT2D eigenvalue weighted by Gasteiger charge is 2.37. The highest BCUT2D eigenvalue weighted by atomic mass is 35.5. The minimum Gasteiger partial charge on any atom is -0.268 e. The summed E-state index contributed by atoms with van der Waals surface area (Å²) < 4.78 is 68.7. The van der Waals surface area contributed by atoms with E-state index in [1.165, 1.54) is 0 Å². The zero-order valence-corrected chi connectivity index (χ0v) is 15.9. The van der Waals surface area contributed by atoms with Crippen molar-refractivity contribution in [1.29, 1.82) is 0 Å². The maximum Gasteiger partial charge on any atom is 0.417 e. The van der Waals surface area contributed by atoms with Gasteiger partial charge < -0.3 is 0 Å². The van der Waals surface area contributed by atoms with Gasteiger partial charge in [-0.1, -0.05) is 35.9 Å². The van der Waals surface area contributed by atoms with Crippen LogP contribution in [0.4, 0.5) is 13.2 Å². The summed E-state index contributed by atoms with van der Waals surface area (Å²) in [4.78, 5) is -0.867. The molecule has 0 radical (unpaired) electrons. The van der Waals surface area contributed by atoms with Gasteiger partial charge in [-0.25, -0.2) is 13.1 Å². The fourth-order valence-corrected chi connectivity index (χ4v) is 4.05. The number of hydrogen-bond acceptors (Lipinski definition) is 3. The first kappa shape index (κ1) is 20.4. The summed E-state index contributed by atoms with van der Waals surface area (Å²) in [6, 6.07) is 11.3. The van der Waals surface area contributed by atoms with Gasteiger partial charge in [0.05, 0.1) is 17.0 Å².